The van der Waals surface area contributed by atoms with Gasteiger partial charge in [-0.15, -0.1) is 5.10 Å². The summed E-state index contributed by atoms with van der Waals surface area (Å²) in [6.07, 6.45) is -0.252. The number of ether oxygens (including phenoxy) is 1. The average Bonchev–Trinajstić information content (AvgIpc) is 3.33. The van der Waals surface area contributed by atoms with Crippen molar-refractivity contribution in [3.63, 3.8) is 0 Å². The molecule has 0 aliphatic heterocycles. The summed E-state index contributed by atoms with van der Waals surface area (Å²) in [4.78, 5) is 22.5. The van der Waals surface area contributed by atoms with E-state index in [0.717, 1.165) is 23.6 Å². The van der Waals surface area contributed by atoms with E-state index in [9.17, 15) is 18.0 Å². The van der Waals surface area contributed by atoms with Gasteiger partial charge in [-0.1, -0.05) is 0 Å². The summed E-state index contributed by atoms with van der Waals surface area (Å²) in [6, 6.07) is 1.07. The van der Waals surface area contributed by atoms with Gasteiger partial charge in [0.2, 0.25) is 0 Å². The van der Waals surface area contributed by atoms with Gasteiger partial charge in [0.25, 0.3) is 11.6 Å². The largest absolute Gasteiger partial charge is 0.465 e. The van der Waals surface area contributed by atoms with Crippen LogP contribution < -0.4 is 10.3 Å². The number of hydrogen-bond acceptors (Lipinski definition) is 5. The number of aromatic amines is 1. The number of nitrogens with zero attached hydrogens (tertiary/aromatic N) is 4. The molecule has 0 radical (unpaired) electrons. The molecule has 1 fully saturated rings. The third-order valence-electron chi connectivity index (χ3n) is 4.11. The Morgan fingerprint density at radius 3 is 2.81 bits per heavy atom. The van der Waals surface area contributed by atoms with Crippen LogP contribution in [0.1, 0.15) is 36.8 Å². The number of fused-ring (bicyclic) bond motifs is 1. The predicted octanol–water partition coefficient (Wildman–Crippen LogP) is 2.80. The minimum Gasteiger partial charge on any atom is -0.465 e. The van der Waals surface area contributed by atoms with Crippen molar-refractivity contribution in [2.45, 2.75) is 31.9 Å². The van der Waals surface area contributed by atoms with Crippen LogP contribution in [0.2, 0.25) is 0 Å². The van der Waals surface area contributed by atoms with E-state index in [-0.39, 0.29) is 29.6 Å². The molecule has 4 rings (SSSR count). The fourth-order valence-corrected chi connectivity index (χ4v) is 2.71. The van der Waals surface area contributed by atoms with Crippen molar-refractivity contribution < 1.29 is 17.9 Å². The van der Waals surface area contributed by atoms with E-state index >= 15 is 0 Å². The molecule has 26 heavy (non-hydrogen) atoms. The minimum atomic E-state index is -4.60. The Kier molecular flexibility index (Phi) is 3.70. The Bertz CT molecular complexity index is 1040. The van der Waals surface area contributed by atoms with E-state index in [1.807, 2.05) is 0 Å². The first-order chi connectivity index (χ1) is 12.4. The molecule has 136 valence electrons. The van der Waals surface area contributed by atoms with Gasteiger partial charge in [-0.05, 0) is 37.3 Å². The molecule has 0 aromatic carbocycles. The fourth-order valence-electron chi connectivity index (χ4n) is 2.71. The summed E-state index contributed by atoms with van der Waals surface area (Å²) in [7, 11) is 0. The standard InChI is InChI=1S/C16H14F3N5O2/c1-2-26-15-21-12-10(14(25)22-15)7-24(23-12)13-11(16(17,18)19)5-9(6-20-13)8-3-4-8/h5-8H,2-4H2,1H3,(H,21,22,23,25). The summed E-state index contributed by atoms with van der Waals surface area (Å²) < 4.78 is 46.6. The zero-order valence-electron chi connectivity index (χ0n) is 13.7. The number of hydrogen-bond donors (Lipinski definition) is 1. The molecule has 0 saturated heterocycles. The highest BCUT2D eigenvalue weighted by Crippen LogP contribution is 2.42. The zero-order valence-corrected chi connectivity index (χ0v) is 13.7. The summed E-state index contributed by atoms with van der Waals surface area (Å²) in [6.45, 7) is 1.99. The first-order valence-electron chi connectivity index (χ1n) is 8.07. The maximum atomic E-state index is 13.5. The molecule has 7 nitrogen and oxygen atoms in total. The predicted molar refractivity (Wildman–Crippen MR) is 85.4 cm³/mol. The van der Waals surface area contributed by atoms with Gasteiger partial charge >= 0.3 is 6.18 Å². The van der Waals surface area contributed by atoms with E-state index < -0.39 is 23.1 Å². The topological polar surface area (TPSA) is 85.7 Å². The SMILES string of the molecule is CCOc1nc2nn(-c3ncc(C4CC4)cc3C(F)(F)F)cc2c(=O)[nH]1. The molecule has 3 aromatic rings. The lowest BCUT2D eigenvalue weighted by Crippen LogP contribution is -2.13. The molecule has 0 atom stereocenters. The van der Waals surface area contributed by atoms with Gasteiger partial charge in [-0.25, -0.2) is 9.67 Å². The lowest BCUT2D eigenvalue weighted by Gasteiger charge is -2.13. The second-order valence-corrected chi connectivity index (χ2v) is 6.03. The minimum absolute atomic E-state index is 0.0154. The van der Waals surface area contributed by atoms with Gasteiger partial charge in [0.15, 0.2) is 11.5 Å². The third-order valence-corrected chi connectivity index (χ3v) is 4.11. The second kappa shape index (κ2) is 5.82. The van der Waals surface area contributed by atoms with E-state index in [1.165, 1.54) is 12.4 Å². The summed E-state index contributed by atoms with van der Waals surface area (Å²) in [5.41, 5.74) is -0.894. The lowest BCUT2D eigenvalue weighted by molar-refractivity contribution is -0.137. The molecule has 1 aliphatic carbocycles. The Balaban J connectivity index is 1.86. The van der Waals surface area contributed by atoms with Crippen LogP contribution in [0.15, 0.2) is 23.3 Å². The molecule has 10 heteroatoms. The quantitative estimate of drug-likeness (QED) is 0.768. The van der Waals surface area contributed by atoms with Gasteiger partial charge in [-0.2, -0.15) is 18.2 Å². The molecule has 1 N–H and O–H groups in total. The molecule has 0 spiro atoms. The van der Waals surface area contributed by atoms with Crippen LogP contribution in [-0.2, 0) is 6.18 Å². The third kappa shape index (κ3) is 2.91. The number of nitrogens with one attached hydrogen (secondary N) is 1. The number of halogens is 3. The molecule has 1 aliphatic rings. The molecule has 0 bridgehead atoms. The second-order valence-electron chi connectivity index (χ2n) is 6.03. The van der Waals surface area contributed by atoms with Crippen molar-refractivity contribution in [1.29, 1.82) is 0 Å². The highest BCUT2D eigenvalue weighted by molar-refractivity contribution is 5.73. The van der Waals surface area contributed by atoms with Crippen molar-refractivity contribution in [3.8, 4) is 11.8 Å². The molecule has 0 unspecified atom stereocenters. The van der Waals surface area contributed by atoms with Crippen LogP contribution in [0.5, 0.6) is 6.01 Å². The smallest absolute Gasteiger partial charge is 0.420 e. The first-order valence-corrected chi connectivity index (χ1v) is 8.07. The van der Waals surface area contributed by atoms with Gasteiger partial charge in [0.1, 0.15) is 10.9 Å². The molecule has 3 heterocycles. The van der Waals surface area contributed by atoms with Crippen LogP contribution in [0.4, 0.5) is 13.2 Å². The van der Waals surface area contributed by atoms with Crippen molar-refractivity contribution in [1.82, 2.24) is 24.7 Å². The van der Waals surface area contributed by atoms with E-state index in [2.05, 4.69) is 20.1 Å². The van der Waals surface area contributed by atoms with Crippen molar-refractivity contribution in [2.24, 2.45) is 0 Å². The van der Waals surface area contributed by atoms with E-state index in [0.29, 0.717) is 5.56 Å². The van der Waals surface area contributed by atoms with Gasteiger partial charge in [-0.3, -0.25) is 9.78 Å². The molecule has 3 aromatic heterocycles. The van der Waals surface area contributed by atoms with Crippen molar-refractivity contribution in [3.05, 3.63) is 39.9 Å². The summed E-state index contributed by atoms with van der Waals surface area (Å²) in [5, 5.41) is 4.04. The average molecular weight is 365 g/mol. The Morgan fingerprint density at radius 1 is 1.38 bits per heavy atom. The number of H-pyrrole nitrogens is 1. The van der Waals surface area contributed by atoms with E-state index in [4.69, 9.17) is 4.74 Å². The Morgan fingerprint density at radius 2 is 2.15 bits per heavy atom. The zero-order chi connectivity index (χ0) is 18.5. The van der Waals surface area contributed by atoms with Crippen molar-refractivity contribution in [2.75, 3.05) is 6.61 Å². The number of aromatic nitrogens is 5. The van der Waals surface area contributed by atoms with Crippen molar-refractivity contribution >= 4 is 11.0 Å². The molecule has 0 amide bonds. The van der Waals surface area contributed by atoms with Crippen LogP contribution >= 0.6 is 0 Å². The fraction of sp³-hybridized carbons (Fsp3) is 0.375. The molecular formula is C16H14F3N5O2. The van der Waals surface area contributed by atoms with Crippen LogP contribution in [-0.4, -0.2) is 31.3 Å². The van der Waals surface area contributed by atoms with Gasteiger partial charge in [0.05, 0.1) is 6.61 Å². The lowest BCUT2D eigenvalue weighted by atomic mass is 10.1. The normalized spacial score (nSPS) is 14.8. The maximum Gasteiger partial charge on any atom is 0.420 e. The van der Waals surface area contributed by atoms with Crippen LogP contribution in [0, 0.1) is 0 Å². The molecule has 1 saturated carbocycles. The summed E-state index contributed by atoms with van der Waals surface area (Å²) >= 11 is 0. The number of alkyl halides is 3. The number of rotatable bonds is 4. The first kappa shape index (κ1) is 16.6. The highest BCUT2D eigenvalue weighted by Gasteiger charge is 2.37. The monoisotopic (exact) mass is 365 g/mol. The highest BCUT2D eigenvalue weighted by atomic mass is 19.4. The van der Waals surface area contributed by atoms with Crippen LogP contribution in [0.25, 0.3) is 16.9 Å². The van der Waals surface area contributed by atoms with Gasteiger partial charge in [0, 0.05) is 12.4 Å². The maximum absolute atomic E-state index is 13.5. The van der Waals surface area contributed by atoms with Gasteiger partial charge < -0.3 is 4.74 Å². The number of pyridine rings is 1. The Hall–Kier alpha value is -2.91. The Labute approximate surface area is 144 Å². The van der Waals surface area contributed by atoms with E-state index in [1.54, 1.807) is 6.92 Å². The molecular weight excluding hydrogens is 351 g/mol. The van der Waals surface area contributed by atoms with Crippen LogP contribution in [0.3, 0.4) is 0 Å². The summed E-state index contributed by atoms with van der Waals surface area (Å²) in [5.74, 6) is -0.259.